The minimum absolute atomic E-state index is 0.179. The normalized spacial score (nSPS) is 15.3. The van der Waals surface area contributed by atoms with Crippen LogP contribution in [0.5, 0.6) is 5.75 Å². The number of carbonyl (C=O) groups is 1. The Labute approximate surface area is 164 Å². The van der Waals surface area contributed by atoms with E-state index in [9.17, 15) is 4.79 Å². The number of nitrogens with zero attached hydrogens (tertiary/aromatic N) is 2. The minimum Gasteiger partial charge on any atom is -0.497 e. The molecule has 1 amide bonds. The highest BCUT2D eigenvalue weighted by Crippen LogP contribution is 2.31. The van der Waals surface area contributed by atoms with Crippen LogP contribution >= 0.6 is 11.3 Å². The molecule has 4 nitrogen and oxygen atoms in total. The first-order chi connectivity index (χ1) is 13.2. The Morgan fingerprint density at radius 2 is 1.74 bits per heavy atom. The maximum absolute atomic E-state index is 13.0. The Kier molecular flexibility index (Phi) is 5.14. The van der Waals surface area contributed by atoms with Crippen molar-refractivity contribution in [3.63, 3.8) is 0 Å². The van der Waals surface area contributed by atoms with E-state index >= 15 is 0 Å². The fourth-order valence-corrected chi connectivity index (χ4v) is 4.80. The molecule has 0 saturated carbocycles. The summed E-state index contributed by atoms with van der Waals surface area (Å²) in [6, 6.07) is 16.5. The standard InChI is InChI=1S/C22H24N2O2S/c1-16-19-5-3-4-6-20(19)27-21(16)22(25)24-13-11-23(12-14-24)15-17-7-9-18(26-2)10-8-17/h3-10H,11-15H2,1-2H3. The average molecular weight is 381 g/mol. The van der Waals surface area contributed by atoms with Gasteiger partial charge in [-0.25, -0.2) is 0 Å². The number of amides is 1. The number of carbonyl (C=O) groups excluding carboxylic acids is 1. The van der Waals surface area contributed by atoms with Crippen LogP contribution in [0.4, 0.5) is 0 Å². The number of fused-ring (bicyclic) bond motifs is 1. The van der Waals surface area contributed by atoms with Crippen molar-refractivity contribution in [2.24, 2.45) is 0 Å². The number of methoxy groups -OCH3 is 1. The number of ether oxygens (including phenoxy) is 1. The summed E-state index contributed by atoms with van der Waals surface area (Å²) in [6.07, 6.45) is 0. The summed E-state index contributed by atoms with van der Waals surface area (Å²) < 4.78 is 6.41. The molecule has 4 rings (SSSR count). The predicted octanol–water partition coefficient (Wildman–Crippen LogP) is 4.18. The topological polar surface area (TPSA) is 32.8 Å². The van der Waals surface area contributed by atoms with Crippen LogP contribution in [0.15, 0.2) is 48.5 Å². The van der Waals surface area contributed by atoms with Gasteiger partial charge in [0.2, 0.25) is 0 Å². The van der Waals surface area contributed by atoms with Gasteiger partial charge in [0, 0.05) is 37.4 Å². The Hall–Kier alpha value is -2.37. The summed E-state index contributed by atoms with van der Waals surface area (Å²) >= 11 is 1.62. The van der Waals surface area contributed by atoms with Crippen LogP contribution in [0.2, 0.25) is 0 Å². The molecule has 1 fully saturated rings. The second kappa shape index (κ2) is 7.71. The van der Waals surface area contributed by atoms with Crippen molar-refractivity contribution in [2.75, 3.05) is 33.3 Å². The first-order valence-corrected chi connectivity index (χ1v) is 10.1. The maximum atomic E-state index is 13.0. The zero-order chi connectivity index (χ0) is 18.8. The molecule has 0 radical (unpaired) electrons. The summed E-state index contributed by atoms with van der Waals surface area (Å²) in [5.74, 6) is 1.06. The summed E-state index contributed by atoms with van der Waals surface area (Å²) in [7, 11) is 1.68. The van der Waals surface area contributed by atoms with Gasteiger partial charge in [-0.2, -0.15) is 0 Å². The molecule has 140 valence electrons. The fourth-order valence-electron chi connectivity index (χ4n) is 3.62. The van der Waals surface area contributed by atoms with E-state index in [4.69, 9.17) is 4.74 Å². The summed E-state index contributed by atoms with van der Waals surface area (Å²) in [4.78, 5) is 18.3. The average Bonchev–Trinajstić information content (AvgIpc) is 3.05. The zero-order valence-electron chi connectivity index (χ0n) is 15.8. The van der Waals surface area contributed by atoms with Gasteiger partial charge in [-0.3, -0.25) is 9.69 Å². The van der Waals surface area contributed by atoms with Crippen molar-refractivity contribution < 1.29 is 9.53 Å². The molecule has 1 saturated heterocycles. The van der Waals surface area contributed by atoms with Gasteiger partial charge in [0.1, 0.15) is 5.75 Å². The Bertz CT molecular complexity index is 941. The summed E-state index contributed by atoms with van der Waals surface area (Å²) in [5.41, 5.74) is 2.39. The molecule has 1 aliphatic rings. The SMILES string of the molecule is COc1ccc(CN2CCN(C(=O)c3sc4ccccc4c3C)CC2)cc1. The van der Waals surface area contributed by atoms with Gasteiger partial charge in [-0.1, -0.05) is 30.3 Å². The first-order valence-electron chi connectivity index (χ1n) is 9.28. The van der Waals surface area contributed by atoms with Crippen LogP contribution in [-0.2, 0) is 6.54 Å². The molecule has 0 aliphatic carbocycles. The fraction of sp³-hybridized carbons (Fsp3) is 0.318. The second-order valence-electron chi connectivity index (χ2n) is 6.97. The van der Waals surface area contributed by atoms with Crippen molar-refractivity contribution in [1.82, 2.24) is 9.80 Å². The molecule has 0 unspecified atom stereocenters. The number of hydrogen-bond donors (Lipinski definition) is 0. The molecular weight excluding hydrogens is 356 g/mol. The van der Waals surface area contributed by atoms with Crippen LogP contribution in [0, 0.1) is 6.92 Å². The molecule has 0 spiro atoms. The van der Waals surface area contributed by atoms with E-state index in [2.05, 4.69) is 36.1 Å². The highest BCUT2D eigenvalue weighted by atomic mass is 32.1. The van der Waals surface area contributed by atoms with E-state index in [-0.39, 0.29) is 5.91 Å². The molecule has 2 heterocycles. The maximum Gasteiger partial charge on any atom is 0.264 e. The first kappa shape index (κ1) is 18.0. The van der Waals surface area contributed by atoms with Crippen molar-refractivity contribution in [1.29, 1.82) is 0 Å². The molecule has 1 aliphatic heterocycles. The van der Waals surface area contributed by atoms with Crippen LogP contribution in [-0.4, -0.2) is 49.0 Å². The third-order valence-electron chi connectivity index (χ3n) is 5.26. The van der Waals surface area contributed by atoms with Crippen molar-refractivity contribution in [3.05, 3.63) is 64.5 Å². The van der Waals surface area contributed by atoms with Gasteiger partial charge in [0.15, 0.2) is 0 Å². The molecule has 0 N–H and O–H groups in total. The number of aryl methyl sites for hydroxylation is 1. The summed E-state index contributed by atoms with van der Waals surface area (Å²) in [6.45, 7) is 6.34. The number of thiophene rings is 1. The van der Waals surface area contributed by atoms with Gasteiger partial charge in [-0.15, -0.1) is 11.3 Å². The third kappa shape index (κ3) is 3.70. The third-order valence-corrected chi connectivity index (χ3v) is 6.52. The Morgan fingerprint density at radius 3 is 2.41 bits per heavy atom. The smallest absolute Gasteiger partial charge is 0.264 e. The lowest BCUT2D eigenvalue weighted by Gasteiger charge is -2.34. The number of rotatable bonds is 4. The van der Waals surface area contributed by atoms with Gasteiger partial charge in [-0.05, 0) is 41.6 Å². The molecular formula is C22H24N2O2S. The van der Waals surface area contributed by atoms with E-state index in [0.29, 0.717) is 0 Å². The highest BCUT2D eigenvalue weighted by molar-refractivity contribution is 7.21. The van der Waals surface area contributed by atoms with Crippen molar-refractivity contribution >= 4 is 27.3 Å². The predicted molar refractivity (Wildman–Crippen MR) is 111 cm³/mol. The van der Waals surface area contributed by atoms with E-state index in [1.165, 1.54) is 15.6 Å². The second-order valence-corrected chi connectivity index (χ2v) is 8.02. The molecule has 27 heavy (non-hydrogen) atoms. The van der Waals surface area contributed by atoms with Gasteiger partial charge >= 0.3 is 0 Å². The lowest BCUT2D eigenvalue weighted by molar-refractivity contribution is 0.0632. The van der Waals surface area contributed by atoms with Crippen LogP contribution in [0.3, 0.4) is 0 Å². The molecule has 0 atom stereocenters. The van der Waals surface area contributed by atoms with Crippen molar-refractivity contribution in [2.45, 2.75) is 13.5 Å². The van der Waals surface area contributed by atoms with E-state index in [0.717, 1.165) is 48.9 Å². The highest BCUT2D eigenvalue weighted by Gasteiger charge is 2.25. The van der Waals surface area contributed by atoms with Crippen molar-refractivity contribution in [3.8, 4) is 5.75 Å². The molecule has 3 aromatic rings. The lowest BCUT2D eigenvalue weighted by atomic mass is 10.1. The molecule has 0 bridgehead atoms. The van der Waals surface area contributed by atoms with Gasteiger partial charge in [0.05, 0.1) is 12.0 Å². The van der Waals surface area contributed by atoms with E-state index in [1.807, 2.05) is 29.2 Å². The largest absolute Gasteiger partial charge is 0.497 e. The zero-order valence-corrected chi connectivity index (χ0v) is 16.6. The molecule has 1 aromatic heterocycles. The number of hydrogen-bond acceptors (Lipinski definition) is 4. The van der Waals surface area contributed by atoms with Gasteiger partial charge < -0.3 is 9.64 Å². The number of piperazine rings is 1. The Balaban J connectivity index is 1.39. The van der Waals surface area contributed by atoms with Crippen LogP contribution < -0.4 is 4.74 Å². The van der Waals surface area contributed by atoms with Crippen LogP contribution in [0.1, 0.15) is 20.8 Å². The quantitative estimate of drug-likeness (QED) is 0.681. The molecule has 5 heteroatoms. The Morgan fingerprint density at radius 1 is 1.04 bits per heavy atom. The van der Waals surface area contributed by atoms with Gasteiger partial charge in [0.25, 0.3) is 5.91 Å². The molecule has 2 aromatic carbocycles. The van der Waals surface area contributed by atoms with E-state index < -0.39 is 0 Å². The van der Waals surface area contributed by atoms with Crippen LogP contribution in [0.25, 0.3) is 10.1 Å². The lowest BCUT2D eigenvalue weighted by Crippen LogP contribution is -2.48. The summed E-state index contributed by atoms with van der Waals surface area (Å²) in [5, 5.41) is 1.20. The monoisotopic (exact) mass is 380 g/mol. The van der Waals surface area contributed by atoms with E-state index in [1.54, 1.807) is 18.4 Å². The number of benzene rings is 2. The minimum atomic E-state index is 0.179.